The second-order valence-electron chi connectivity index (χ2n) is 3.37. The summed E-state index contributed by atoms with van der Waals surface area (Å²) in [5.74, 6) is 0.307. The van der Waals surface area contributed by atoms with Crippen LogP contribution in [0.5, 0.6) is 5.75 Å². The van der Waals surface area contributed by atoms with Crippen LogP contribution in [0.2, 0.25) is 0 Å². The molecule has 0 aliphatic heterocycles. The van der Waals surface area contributed by atoms with Crippen LogP contribution in [0.3, 0.4) is 0 Å². The number of phenolic OH excluding ortho intramolecular Hbond substituents is 1. The lowest BCUT2D eigenvalue weighted by molar-refractivity contribution is 0.196. The van der Waals surface area contributed by atoms with Gasteiger partial charge in [0.15, 0.2) is 0 Å². The van der Waals surface area contributed by atoms with E-state index in [1.165, 1.54) is 0 Å². The van der Waals surface area contributed by atoms with Gasteiger partial charge in [-0.05, 0) is 19.1 Å². The molecule has 0 spiro atoms. The van der Waals surface area contributed by atoms with Crippen molar-refractivity contribution >= 4 is 15.9 Å². The number of rotatable bonds is 5. The molecule has 0 heterocycles. The summed E-state index contributed by atoms with van der Waals surface area (Å²) in [7, 11) is 1.67. The summed E-state index contributed by atoms with van der Waals surface area (Å²) in [5, 5.41) is 13.0. The van der Waals surface area contributed by atoms with E-state index in [1.54, 1.807) is 13.2 Å². The number of methoxy groups -OCH3 is 1. The Kier molecular flexibility index (Phi) is 5.08. The minimum atomic E-state index is 0.119. The summed E-state index contributed by atoms with van der Waals surface area (Å²) in [6.45, 7) is 3.45. The predicted octanol–water partition coefficient (Wildman–Crippen LogP) is 2.45. The van der Waals surface area contributed by atoms with E-state index in [1.807, 2.05) is 19.1 Å². The molecule has 0 saturated heterocycles. The molecule has 0 radical (unpaired) electrons. The van der Waals surface area contributed by atoms with Gasteiger partial charge in [-0.1, -0.05) is 22.0 Å². The van der Waals surface area contributed by atoms with Crippen molar-refractivity contribution in [2.45, 2.75) is 13.0 Å². The molecule has 1 unspecified atom stereocenters. The number of benzene rings is 1. The highest BCUT2D eigenvalue weighted by molar-refractivity contribution is 9.10. The van der Waals surface area contributed by atoms with Gasteiger partial charge in [0.1, 0.15) is 5.75 Å². The van der Waals surface area contributed by atoms with Crippen molar-refractivity contribution in [2.24, 2.45) is 0 Å². The van der Waals surface area contributed by atoms with Crippen LogP contribution in [-0.4, -0.2) is 25.4 Å². The Balaban J connectivity index is 2.61. The van der Waals surface area contributed by atoms with Gasteiger partial charge < -0.3 is 15.2 Å². The number of halogens is 1. The maximum Gasteiger partial charge on any atom is 0.121 e. The van der Waals surface area contributed by atoms with Gasteiger partial charge in [0, 0.05) is 29.7 Å². The first-order valence-corrected chi connectivity index (χ1v) is 5.65. The number of nitrogens with one attached hydrogen (secondary N) is 1. The highest BCUT2D eigenvalue weighted by Crippen LogP contribution is 2.27. The summed E-state index contributed by atoms with van der Waals surface area (Å²) in [5.41, 5.74) is 0.898. The third kappa shape index (κ3) is 3.81. The van der Waals surface area contributed by atoms with Crippen LogP contribution in [0.1, 0.15) is 18.5 Å². The fraction of sp³-hybridized carbons (Fsp3) is 0.455. The largest absolute Gasteiger partial charge is 0.508 e. The highest BCUT2D eigenvalue weighted by Gasteiger charge is 2.09. The fourth-order valence-electron chi connectivity index (χ4n) is 1.37. The van der Waals surface area contributed by atoms with E-state index >= 15 is 0 Å². The number of hydrogen-bond donors (Lipinski definition) is 2. The Morgan fingerprint density at radius 1 is 1.53 bits per heavy atom. The summed E-state index contributed by atoms with van der Waals surface area (Å²) in [6, 6.07) is 5.64. The summed E-state index contributed by atoms with van der Waals surface area (Å²) < 4.78 is 5.83. The van der Waals surface area contributed by atoms with Gasteiger partial charge in [0.2, 0.25) is 0 Å². The van der Waals surface area contributed by atoms with E-state index in [2.05, 4.69) is 21.2 Å². The molecule has 1 aromatic carbocycles. The molecule has 1 aromatic rings. The molecule has 0 aliphatic rings. The molecule has 1 atom stereocenters. The second kappa shape index (κ2) is 6.10. The van der Waals surface area contributed by atoms with Crippen molar-refractivity contribution in [3.63, 3.8) is 0 Å². The zero-order valence-electron chi connectivity index (χ0n) is 8.96. The zero-order valence-corrected chi connectivity index (χ0v) is 10.5. The van der Waals surface area contributed by atoms with Gasteiger partial charge in [-0.2, -0.15) is 0 Å². The molecule has 3 nitrogen and oxygen atoms in total. The minimum absolute atomic E-state index is 0.119. The molecule has 0 aliphatic carbocycles. The zero-order chi connectivity index (χ0) is 11.3. The number of phenols is 1. The van der Waals surface area contributed by atoms with Gasteiger partial charge in [-0.25, -0.2) is 0 Å². The smallest absolute Gasteiger partial charge is 0.121 e. The molecule has 4 heteroatoms. The van der Waals surface area contributed by atoms with Gasteiger partial charge >= 0.3 is 0 Å². The number of ether oxygens (including phenoxy) is 1. The van der Waals surface area contributed by atoms with Crippen molar-refractivity contribution in [1.29, 1.82) is 0 Å². The van der Waals surface area contributed by atoms with E-state index in [0.717, 1.165) is 16.6 Å². The highest BCUT2D eigenvalue weighted by atomic mass is 79.9. The first-order chi connectivity index (χ1) is 7.15. The maximum atomic E-state index is 9.72. The monoisotopic (exact) mass is 273 g/mol. The normalized spacial score (nSPS) is 12.7. The molecule has 0 saturated carbocycles. The Morgan fingerprint density at radius 2 is 2.27 bits per heavy atom. The van der Waals surface area contributed by atoms with Gasteiger partial charge in [0.05, 0.1) is 6.61 Å². The molecule has 0 bridgehead atoms. The number of hydrogen-bond acceptors (Lipinski definition) is 3. The van der Waals surface area contributed by atoms with Crippen LogP contribution in [0.4, 0.5) is 0 Å². The third-order valence-corrected chi connectivity index (χ3v) is 2.71. The van der Waals surface area contributed by atoms with E-state index in [9.17, 15) is 5.11 Å². The third-order valence-electron chi connectivity index (χ3n) is 2.22. The lowest BCUT2D eigenvalue weighted by atomic mass is 10.1. The van der Waals surface area contributed by atoms with Crippen LogP contribution in [-0.2, 0) is 4.74 Å². The van der Waals surface area contributed by atoms with Crippen LogP contribution in [0.25, 0.3) is 0 Å². The minimum Gasteiger partial charge on any atom is -0.508 e. The van der Waals surface area contributed by atoms with Crippen LogP contribution in [0.15, 0.2) is 22.7 Å². The number of aromatic hydroxyl groups is 1. The summed E-state index contributed by atoms with van der Waals surface area (Å²) in [6.07, 6.45) is 0. The summed E-state index contributed by atoms with van der Waals surface area (Å²) in [4.78, 5) is 0. The summed E-state index contributed by atoms with van der Waals surface area (Å²) >= 11 is 3.31. The SMILES string of the molecule is COCCNC(C)c1ccc(Br)cc1O. The van der Waals surface area contributed by atoms with Gasteiger partial charge in [0.25, 0.3) is 0 Å². The molecule has 2 N–H and O–H groups in total. The topological polar surface area (TPSA) is 41.5 Å². The Bertz CT molecular complexity index is 317. The van der Waals surface area contributed by atoms with Crippen molar-refractivity contribution in [3.05, 3.63) is 28.2 Å². The van der Waals surface area contributed by atoms with Crippen molar-refractivity contribution in [3.8, 4) is 5.75 Å². The first kappa shape index (κ1) is 12.5. The van der Waals surface area contributed by atoms with Crippen molar-refractivity contribution in [2.75, 3.05) is 20.3 Å². The van der Waals surface area contributed by atoms with Crippen molar-refractivity contribution < 1.29 is 9.84 Å². The van der Waals surface area contributed by atoms with Crippen molar-refractivity contribution in [1.82, 2.24) is 5.32 Å². The van der Waals surface area contributed by atoms with Crippen LogP contribution < -0.4 is 5.32 Å². The Hall–Kier alpha value is -0.580. The average molecular weight is 274 g/mol. The van der Waals surface area contributed by atoms with Gasteiger partial charge in [-0.15, -0.1) is 0 Å². The molecular weight excluding hydrogens is 258 g/mol. The average Bonchev–Trinajstić information content (AvgIpc) is 2.17. The first-order valence-electron chi connectivity index (χ1n) is 4.86. The lowest BCUT2D eigenvalue weighted by Gasteiger charge is -2.15. The maximum absolute atomic E-state index is 9.72. The molecule has 84 valence electrons. The van der Waals surface area contributed by atoms with E-state index in [0.29, 0.717) is 12.4 Å². The second-order valence-corrected chi connectivity index (χ2v) is 4.29. The van der Waals surface area contributed by atoms with E-state index in [4.69, 9.17) is 4.74 Å². The Morgan fingerprint density at radius 3 is 2.87 bits per heavy atom. The molecule has 1 rings (SSSR count). The molecular formula is C11H16BrNO2. The molecule has 0 fully saturated rings. The van der Waals surface area contributed by atoms with Crippen LogP contribution in [0, 0.1) is 0 Å². The Labute approximate surface area is 98.6 Å². The van der Waals surface area contributed by atoms with Gasteiger partial charge in [-0.3, -0.25) is 0 Å². The quantitative estimate of drug-likeness (QED) is 0.810. The van der Waals surface area contributed by atoms with Crippen LogP contribution >= 0.6 is 15.9 Å². The predicted molar refractivity (Wildman–Crippen MR) is 64.1 cm³/mol. The van der Waals surface area contributed by atoms with E-state index < -0.39 is 0 Å². The lowest BCUT2D eigenvalue weighted by Crippen LogP contribution is -2.22. The molecule has 0 aromatic heterocycles. The molecule has 0 amide bonds. The molecule has 15 heavy (non-hydrogen) atoms. The standard InChI is InChI=1S/C11H16BrNO2/c1-8(13-5-6-15-2)10-4-3-9(12)7-11(10)14/h3-4,7-8,13-14H,5-6H2,1-2H3. The fourth-order valence-corrected chi connectivity index (χ4v) is 1.72. The van der Waals surface area contributed by atoms with E-state index in [-0.39, 0.29) is 6.04 Å².